The third kappa shape index (κ3) is 3.78. The summed E-state index contributed by atoms with van der Waals surface area (Å²) in [6.45, 7) is 3.58. The number of amides is 1. The molecule has 2 heterocycles. The van der Waals surface area contributed by atoms with Gasteiger partial charge in [-0.3, -0.25) is 4.79 Å². The largest absolute Gasteiger partial charge is 0.326 e. The number of halogens is 3. The molecule has 1 N–H and O–H groups in total. The highest BCUT2D eigenvalue weighted by Crippen LogP contribution is 2.27. The van der Waals surface area contributed by atoms with Crippen LogP contribution in [-0.2, 0) is 11.2 Å². The van der Waals surface area contributed by atoms with Gasteiger partial charge >= 0.3 is 0 Å². The molecule has 2 aromatic heterocycles. The molecule has 0 bridgehead atoms. The molecule has 0 spiro atoms. The Kier molecular flexibility index (Phi) is 5.03. The number of aryl methyl sites for hydroxylation is 2. The molecule has 4 nitrogen and oxygen atoms in total. The Balaban J connectivity index is 1.74. The van der Waals surface area contributed by atoms with E-state index in [4.69, 9.17) is 0 Å². The molecule has 4 rings (SSSR count). The normalized spacial score (nSPS) is 11.1. The molecule has 30 heavy (non-hydrogen) atoms. The molecule has 0 aliphatic carbocycles. The summed E-state index contributed by atoms with van der Waals surface area (Å²) in [5.74, 6) is -2.76. The van der Waals surface area contributed by atoms with Crippen LogP contribution < -0.4 is 5.32 Å². The van der Waals surface area contributed by atoms with E-state index in [2.05, 4.69) is 10.3 Å². The second-order valence-electron chi connectivity index (χ2n) is 7.16. The van der Waals surface area contributed by atoms with E-state index in [9.17, 15) is 18.0 Å². The van der Waals surface area contributed by atoms with Gasteiger partial charge in [0, 0.05) is 23.5 Å². The lowest BCUT2D eigenvalue weighted by molar-refractivity contribution is -0.115. The van der Waals surface area contributed by atoms with Crippen molar-refractivity contribution < 1.29 is 18.0 Å². The fourth-order valence-electron chi connectivity index (χ4n) is 3.32. The van der Waals surface area contributed by atoms with E-state index in [1.165, 1.54) is 12.1 Å². The summed E-state index contributed by atoms with van der Waals surface area (Å²) in [7, 11) is 0. The number of nitrogens with zero attached hydrogens (tertiary/aromatic N) is 2. The summed E-state index contributed by atoms with van der Waals surface area (Å²) >= 11 is 0. The maximum atomic E-state index is 13.7. The van der Waals surface area contributed by atoms with Crippen LogP contribution in [0.3, 0.4) is 0 Å². The first kappa shape index (κ1) is 19.7. The van der Waals surface area contributed by atoms with Crippen LogP contribution in [0.5, 0.6) is 0 Å². The molecule has 0 aliphatic rings. The number of nitrogens with one attached hydrogen (secondary N) is 1. The summed E-state index contributed by atoms with van der Waals surface area (Å²) < 4.78 is 42.1. The Bertz CT molecular complexity index is 1280. The standard InChI is InChI=1S/C23H18F3N3O/c1-13-3-8-21-28-23(15-4-6-17(24)14(2)9-15)20(29(21)12-13)11-22(30)27-16-5-7-18(25)19(26)10-16/h3-10,12H,11H2,1-2H3,(H,27,30). The lowest BCUT2D eigenvalue weighted by Gasteiger charge is -2.09. The summed E-state index contributed by atoms with van der Waals surface area (Å²) in [5, 5.41) is 2.58. The van der Waals surface area contributed by atoms with Gasteiger partial charge in [-0.15, -0.1) is 0 Å². The Labute approximate surface area is 171 Å². The van der Waals surface area contributed by atoms with Gasteiger partial charge in [-0.2, -0.15) is 0 Å². The molecule has 0 unspecified atom stereocenters. The third-order valence-corrected chi connectivity index (χ3v) is 4.83. The van der Waals surface area contributed by atoms with Gasteiger partial charge in [0.05, 0.1) is 17.8 Å². The predicted molar refractivity (Wildman–Crippen MR) is 109 cm³/mol. The number of hydrogen-bond donors (Lipinski definition) is 1. The molecule has 152 valence electrons. The molecule has 2 aromatic carbocycles. The van der Waals surface area contributed by atoms with E-state index >= 15 is 0 Å². The van der Waals surface area contributed by atoms with E-state index in [1.54, 1.807) is 19.1 Å². The third-order valence-electron chi connectivity index (χ3n) is 4.83. The Morgan fingerprint density at radius 3 is 2.47 bits per heavy atom. The molecule has 0 radical (unpaired) electrons. The number of rotatable bonds is 4. The molecule has 0 atom stereocenters. The van der Waals surface area contributed by atoms with Crippen molar-refractivity contribution >= 4 is 17.2 Å². The zero-order valence-corrected chi connectivity index (χ0v) is 16.3. The second-order valence-corrected chi connectivity index (χ2v) is 7.16. The van der Waals surface area contributed by atoms with E-state index in [0.717, 1.165) is 17.7 Å². The molecule has 7 heteroatoms. The fourth-order valence-corrected chi connectivity index (χ4v) is 3.32. The predicted octanol–water partition coefficient (Wildman–Crippen LogP) is 5.22. The number of fused-ring (bicyclic) bond motifs is 1. The Hall–Kier alpha value is -3.61. The summed E-state index contributed by atoms with van der Waals surface area (Å²) in [6.07, 6.45) is 1.80. The number of imidazole rings is 1. The average molecular weight is 409 g/mol. The molecule has 0 aliphatic heterocycles. The van der Waals surface area contributed by atoms with Crippen molar-refractivity contribution in [2.24, 2.45) is 0 Å². The molecular formula is C23H18F3N3O. The fraction of sp³-hybridized carbons (Fsp3) is 0.130. The Morgan fingerprint density at radius 1 is 0.967 bits per heavy atom. The highest BCUT2D eigenvalue weighted by molar-refractivity contribution is 5.93. The van der Waals surface area contributed by atoms with E-state index in [1.807, 2.05) is 29.7 Å². The zero-order valence-electron chi connectivity index (χ0n) is 16.3. The SMILES string of the molecule is Cc1ccc2nc(-c3ccc(F)c(C)c3)c(CC(=O)Nc3ccc(F)c(F)c3)n2c1. The van der Waals surface area contributed by atoms with Gasteiger partial charge in [-0.05, 0) is 61.4 Å². The molecule has 0 saturated heterocycles. The smallest absolute Gasteiger partial charge is 0.230 e. The van der Waals surface area contributed by atoms with E-state index in [0.29, 0.717) is 28.2 Å². The van der Waals surface area contributed by atoms with Gasteiger partial charge in [0.1, 0.15) is 11.5 Å². The first-order valence-corrected chi connectivity index (χ1v) is 9.31. The van der Waals surface area contributed by atoms with Crippen LogP contribution in [0, 0.1) is 31.3 Å². The van der Waals surface area contributed by atoms with Crippen molar-refractivity contribution in [2.45, 2.75) is 20.3 Å². The van der Waals surface area contributed by atoms with Crippen molar-refractivity contribution in [3.63, 3.8) is 0 Å². The van der Waals surface area contributed by atoms with Crippen molar-refractivity contribution in [1.29, 1.82) is 0 Å². The first-order valence-electron chi connectivity index (χ1n) is 9.31. The van der Waals surface area contributed by atoms with Gasteiger partial charge in [0.2, 0.25) is 5.91 Å². The number of aromatic nitrogens is 2. The highest BCUT2D eigenvalue weighted by atomic mass is 19.2. The molecule has 0 fully saturated rings. The van der Waals surface area contributed by atoms with Crippen molar-refractivity contribution in [2.75, 3.05) is 5.32 Å². The molecule has 1 amide bonds. The van der Waals surface area contributed by atoms with E-state index in [-0.39, 0.29) is 17.9 Å². The van der Waals surface area contributed by atoms with Gasteiger partial charge in [0.15, 0.2) is 11.6 Å². The van der Waals surface area contributed by atoms with Crippen LogP contribution in [0.1, 0.15) is 16.8 Å². The van der Waals surface area contributed by atoms with Crippen molar-refractivity contribution in [3.05, 3.63) is 89.0 Å². The maximum Gasteiger partial charge on any atom is 0.230 e. The first-order chi connectivity index (χ1) is 14.3. The zero-order chi connectivity index (χ0) is 21.4. The van der Waals surface area contributed by atoms with Gasteiger partial charge in [-0.1, -0.05) is 6.07 Å². The van der Waals surface area contributed by atoms with Crippen LogP contribution in [-0.4, -0.2) is 15.3 Å². The van der Waals surface area contributed by atoms with Crippen molar-refractivity contribution in [3.8, 4) is 11.3 Å². The number of pyridine rings is 1. The lowest BCUT2D eigenvalue weighted by Crippen LogP contribution is -2.16. The monoisotopic (exact) mass is 409 g/mol. The molecular weight excluding hydrogens is 391 g/mol. The lowest BCUT2D eigenvalue weighted by atomic mass is 10.1. The number of hydrogen-bond acceptors (Lipinski definition) is 2. The number of benzene rings is 2. The van der Waals surface area contributed by atoms with Crippen LogP contribution >= 0.6 is 0 Å². The van der Waals surface area contributed by atoms with Crippen LogP contribution in [0.25, 0.3) is 16.9 Å². The van der Waals surface area contributed by atoms with Gasteiger partial charge in [-0.25, -0.2) is 18.2 Å². The van der Waals surface area contributed by atoms with Gasteiger partial charge < -0.3 is 9.72 Å². The number of carbonyl (C=O) groups excluding carboxylic acids is 1. The quantitative estimate of drug-likeness (QED) is 0.503. The van der Waals surface area contributed by atoms with Gasteiger partial charge in [0.25, 0.3) is 0 Å². The second kappa shape index (κ2) is 7.67. The number of carbonyl (C=O) groups is 1. The van der Waals surface area contributed by atoms with Crippen LogP contribution in [0.2, 0.25) is 0 Å². The Morgan fingerprint density at radius 2 is 1.73 bits per heavy atom. The maximum absolute atomic E-state index is 13.7. The van der Waals surface area contributed by atoms with E-state index < -0.39 is 17.5 Å². The average Bonchev–Trinajstić information content (AvgIpc) is 3.04. The van der Waals surface area contributed by atoms with Crippen LogP contribution in [0.15, 0.2) is 54.7 Å². The highest BCUT2D eigenvalue weighted by Gasteiger charge is 2.18. The summed E-state index contributed by atoms with van der Waals surface area (Å²) in [4.78, 5) is 17.3. The minimum absolute atomic E-state index is 0.0601. The molecule has 0 saturated carbocycles. The number of anilines is 1. The minimum Gasteiger partial charge on any atom is -0.326 e. The molecule has 4 aromatic rings. The summed E-state index contributed by atoms with van der Waals surface area (Å²) in [5.41, 5.74) is 4.10. The minimum atomic E-state index is -1.04. The van der Waals surface area contributed by atoms with Crippen molar-refractivity contribution in [1.82, 2.24) is 9.38 Å². The summed E-state index contributed by atoms with van der Waals surface area (Å²) in [6, 6.07) is 11.6. The van der Waals surface area contributed by atoms with Crippen LogP contribution in [0.4, 0.5) is 18.9 Å². The topological polar surface area (TPSA) is 46.4 Å².